The second-order valence-electron chi connectivity index (χ2n) is 10.0. The molecule has 174 valence electrons. The van der Waals surface area contributed by atoms with Crippen LogP contribution < -0.4 is 0 Å². The number of unbranched alkanes of at least 4 members (excludes halogenated alkanes) is 6. The van der Waals surface area contributed by atoms with Gasteiger partial charge in [0.15, 0.2) is 0 Å². The molecule has 0 aromatic rings. The summed E-state index contributed by atoms with van der Waals surface area (Å²) in [6.45, 7) is 5.07. The van der Waals surface area contributed by atoms with Gasteiger partial charge >= 0.3 is 11.9 Å². The van der Waals surface area contributed by atoms with Crippen molar-refractivity contribution in [2.75, 3.05) is 6.61 Å². The van der Waals surface area contributed by atoms with E-state index in [4.69, 9.17) is 9.47 Å². The van der Waals surface area contributed by atoms with Gasteiger partial charge in [0, 0.05) is 0 Å². The lowest BCUT2D eigenvalue weighted by Gasteiger charge is -2.30. The van der Waals surface area contributed by atoms with Gasteiger partial charge < -0.3 is 9.47 Å². The first-order chi connectivity index (χ1) is 14.6. The maximum atomic E-state index is 12.7. The van der Waals surface area contributed by atoms with E-state index in [1.807, 2.05) is 0 Å². The van der Waals surface area contributed by atoms with E-state index in [2.05, 4.69) is 13.8 Å². The first kappa shape index (κ1) is 25.2. The molecule has 0 bridgehead atoms. The maximum Gasteiger partial charge on any atom is 0.310 e. The molecule has 2 fully saturated rings. The summed E-state index contributed by atoms with van der Waals surface area (Å²) in [6.07, 6.45) is 19.0. The predicted octanol–water partition coefficient (Wildman–Crippen LogP) is 6.99. The van der Waals surface area contributed by atoms with Gasteiger partial charge in [-0.05, 0) is 50.9 Å². The Morgan fingerprint density at radius 3 is 1.87 bits per heavy atom. The quantitative estimate of drug-likeness (QED) is 0.237. The monoisotopic (exact) mass is 422 g/mol. The highest BCUT2D eigenvalue weighted by molar-refractivity contribution is 5.82. The van der Waals surface area contributed by atoms with Crippen LogP contribution in [0, 0.1) is 17.8 Å². The molecule has 0 aromatic heterocycles. The van der Waals surface area contributed by atoms with Crippen molar-refractivity contribution in [3.05, 3.63) is 0 Å². The zero-order valence-electron chi connectivity index (χ0n) is 19.7. The molecule has 2 aliphatic rings. The van der Waals surface area contributed by atoms with Crippen molar-refractivity contribution in [2.45, 2.75) is 129 Å². The molecule has 30 heavy (non-hydrogen) atoms. The van der Waals surface area contributed by atoms with Gasteiger partial charge in [-0.15, -0.1) is 0 Å². The van der Waals surface area contributed by atoms with Crippen molar-refractivity contribution in [1.82, 2.24) is 0 Å². The van der Waals surface area contributed by atoms with Gasteiger partial charge in [0.05, 0.1) is 18.4 Å². The van der Waals surface area contributed by atoms with Crippen LogP contribution in [0.5, 0.6) is 0 Å². The summed E-state index contributed by atoms with van der Waals surface area (Å²) < 4.78 is 11.4. The molecule has 0 N–H and O–H groups in total. The Bertz CT molecular complexity index is 481. The molecule has 0 aliphatic heterocycles. The van der Waals surface area contributed by atoms with Gasteiger partial charge in [-0.1, -0.05) is 78.1 Å². The summed E-state index contributed by atoms with van der Waals surface area (Å²) in [5.41, 5.74) is 0. The van der Waals surface area contributed by atoms with Crippen molar-refractivity contribution < 1.29 is 19.1 Å². The van der Waals surface area contributed by atoms with Crippen molar-refractivity contribution in [3.63, 3.8) is 0 Å². The standard InChI is InChI=1S/C26H46O4/c1-21(2)15-9-6-4-3-5-7-14-20-29-25(27)23-18-12-13-19-24(23)26(28)30-22-16-10-8-11-17-22/h21-24H,3-20H2,1-2H3. The summed E-state index contributed by atoms with van der Waals surface area (Å²) >= 11 is 0. The van der Waals surface area contributed by atoms with Gasteiger partial charge in [0.25, 0.3) is 0 Å². The number of hydrogen-bond acceptors (Lipinski definition) is 4. The van der Waals surface area contributed by atoms with Gasteiger partial charge in [-0.2, -0.15) is 0 Å². The molecular formula is C26H46O4. The fraction of sp³-hybridized carbons (Fsp3) is 0.923. The molecule has 4 heteroatoms. The zero-order chi connectivity index (χ0) is 21.6. The number of ether oxygens (including phenoxy) is 2. The highest BCUT2D eigenvalue weighted by Crippen LogP contribution is 2.33. The molecule has 0 radical (unpaired) electrons. The maximum absolute atomic E-state index is 12.7. The second-order valence-corrected chi connectivity index (χ2v) is 10.0. The number of carbonyl (C=O) groups is 2. The number of rotatable bonds is 13. The minimum atomic E-state index is -0.296. The predicted molar refractivity (Wildman–Crippen MR) is 121 cm³/mol. The van der Waals surface area contributed by atoms with Crippen LogP contribution in [0.3, 0.4) is 0 Å². The molecule has 0 heterocycles. The largest absolute Gasteiger partial charge is 0.465 e. The topological polar surface area (TPSA) is 52.6 Å². The highest BCUT2D eigenvalue weighted by atomic mass is 16.5. The Hall–Kier alpha value is -1.06. The van der Waals surface area contributed by atoms with Gasteiger partial charge in [0.1, 0.15) is 6.10 Å². The number of hydrogen-bond donors (Lipinski definition) is 0. The number of esters is 2. The van der Waals surface area contributed by atoms with Crippen LogP contribution in [0.4, 0.5) is 0 Å². The molecule has 2 saturated carbocycles. The van der Waals surface area contributed by atoms with Crippen LogP contribution in [0.2, 0.25) is 0 Å². The average Bonchev–Trinajstić information content (AvgIpc) is 2.75. The van der Waals surface area contributed by atoms with E-state index in [0.29, 0.717) is 6.61 Å². The molecule has 0 amide bonds. The minimum absolute atomic E-state index is 0.0650. The first-order valence-electron chi connectivity index (χ1n) is 12.9. The average molecular weight is 423 g/mol. The smallest absolute Gasteiger partial charge is 0.310 e. The molecule has 0 spiro atoms. The van der Waals surface area contributed by atoms with Crippen molar-refractivity contribution in [2.24, 2.45) is 17.8 Å². The fourth-order valence-electron chi connectivity index (χ4n) is 4.95. The summed E-state index contributed by atoms with van der Waals surface area (Å²) in [5.74, 6) is -0.0950. The second kappa shape index (κ2) is 14.9. The Morgan fingerprint density at radius 2 is 1.23 bits per heavy atom. The Balaban J connectivity index is 1.58. The number of carbonyl (C=O) groups excluding carboxylic acids is 2. The van der Waals surface area contributed by atoms with E-state index in [1.54, 1.807) is 0 Å². The minimum Gasteiger partial charge on any atom is -0.465 e. The van der Waals surface area contributed by atoms with Crippen molar-refractivity contribution >= 4 is 11.9 Å². The van der Waals surface area contributed by atoms with E-state index in [1.165, 1.54) is 44.9 Å². The van der Waals surface area contributed by atoms with Crippen LogP contribution in [-0.2, 0) is 19.1 Å². The molecule has 0 saturated heterocycles. The molecular weight excluding hydrogens is 376 g/mol. The Labute approximate surface area is 184 Å². The lowest BCUT2D eigenvalue weighted by atomic mass is 9.79. The highest BCUT2D eigenvalue weighted by Gasteiger charge is 2.38. The SMILES string of the molecule is CC(C)CCCCCCCCCOC(=O)C1CCCCC1C(=O)OC1CCCCC1. The first-order valence-corrected chi connectivity index (χ1v) is 12.9. The fourth-order valence-corrected chi connectivity index (χ4v) is 4.95. The Morgan fingerprint density at radius 1 is 0.700 bits per heavy atom. The van der Waals surface area contributed by atoms with Gasteiger partial charge in [-0.25, -0.2) is 0 Å². The van der Waals surface area contributed by atoms with E-state index in [-0.39, 0.29) is 29.9 Å². The van der Waals surface area contributed by atoms with Crippen LogP contribution in [-0.4, -0.2) is 24.6 Å². The molecule has 2 aliphatic carbocycles. The molecule has 2 rings (SSSR count). The van der Waals surface area contributed by atoms with Gasteiger partial charge in [0.2, 0.25) is 0 Å². The molecule has 2 unspecified atom stereocenters. The van der Waals surface area contributed by atoms with Gasteiger partial charge in [-0.3, -0.25) is 9.59 Å². The zero-order valence-corrected chi connectivity index (χ0v) is 19.7. The normalized spacial score (nSPS) is 22.8. The van der Waals surface area contributed by atoms with Crippen LogP contribution in [0.15, 0.2) is 0 Å². The van der Waals surface area contributed by atoms with E-state index >= 15 is 0 Å². The molecule has 0 aromatic carbocycles. The third-order valence-electron chi connectivity index (χ3n) is 6.88. The lowest BCUT2D eigenvalue weighted by Crippen LogP contribution is -2.37. The van der Waals surface area contributed by atoms with Crippen molar-refractivity contribution in [3.8, 4) is 0 Å². The molecule has 4 nitrogen and oxygen atoms in total. The van der Waals surface area contributed by atoms with E-state index in [0.717, 1.165) is 70.1 Å². The van der Waals surface area contributed by atoms with E-state index in [9.17, 15) is 9.59 Å². The third kappa shape index (κ3) is 9.83. The lowest BCUT2D eigenvalue weighted by molar-refractivity contribution is -0.167. The summed E-state index contributed by atoms with van der Waals surface area (Å²) in [5, 5.41) is 0. The van der Waals surface area contributed by atoms with Crippen LogP contribution in [0.25, 0.3) is 0 Å². The molecule has 2 atom stereocenters. The summed E-state index contributed by atoms with van der Waals surface area (Å²) in [7, 11) is 0. The van der Waals surface area contributed by atoms with Crippen LogP contribution in [0.1, 0.15) is 123 Å². The van der Waals surface area contributed by atoms with E-state index < -0.39 is 0 Å². The third-order valence-corrected chi connectivity index (χ3v) is 6.88. The summed E-state index contributed by atoms with van der Waals surface area (Å²) in [6, 6.07) is 0. The van der Waals surface area contributed by atoms with Crippen LogP contribution >= 0.6 is 0 Å². The van der Waals surface area contributed by atoms with Crippen molar-refractivity contribution in [1.29, 1.82) is 0 Å². The summed E-state index contributed by atoms with van der Waals surface area (Å²) in [4.78, 5) is 25.3. The Kier molecular flexibility index (Phi) is 12.5.